The molecule has 1 saturated heterocycles. The van der Waals surface area contributed by atoms with Crippen molar-refractivity contribution in [1.29, 1.82) is 0 Å². The number of carboxylic acids is 1. The molecule has 1 N–H and O–H groups in total. The van der Waals surface area contributed by atoms with Crippen LogP contribution < -0.4 is 0 Å². The minimum atomic E-state index is -0.900. The summed E-state index contributed by atoms with van der Waals surface area (Å²) < 4.78 is 2.12. The number of aromatic carboxylic acids is 1. The van der Waals surface area contributed by atoms with E-state index in [9.17, 15) is 14.7 Å². The van der Waals surface area contributed by atoms with E-state index in [-0.39, 0.29) is 12.5 Å². The van der Waals surface area contributed by atoms with Crippen molar-refractivity contribution in [3.8, 4) is 11.3 Å². The lowest BCUT2D eigenvalue weighted by atomic mass is 9.82. The predicted molar refractivity (Wildman–Crippen MR) is 146 cm³/mol. The van der Waals surface area contributed by atoms with Crippen LogP contribution in [0.3, 0.4) is 0 Å². The number of likely N-dealkylation sites (N-methyl/N-ethyl adjacent to an activating group) is 1. The van der Waals surface area contributed by atoms with Crippen LogP contribution in [0.4, 0.5) is 0 Å². The van der Waals surface area contributed by atoms with Crippen LogP contribution in [-0.2, 0) is 11.3 Å². The van der Waals surface area contributed by atoms with Crippen LogP contribution in [0.15, 0.2) is 36.4 Å². The highest BCUT2D eigenvalue weighted by molar-refractivity contribution is 7.20. The molecule has 0 radical (unpaired) electrons. The fraction of sp³-hybridized carbons (Fsp3) is 0.517. The number of benzene rings is 1. The monoisotopic (exact) mass is 507 g/mol. The van der Waals surface area contributed by atoms with Gasteiger partial charge in [0.15, 0.2) is 0 Å². The van der Waals surface area contributed by atoms with E-state index in [1.165, 1.54) is 42.6 Å². The molecule has 3 heterocycles. The lowest BCUT2D eigenvalue weighted by Crippen LogP contribution is -2.40. The molecule has 0 bridgehead atoms. The first-order chi connectivity index (χ1) is 17.4. The van der Waals surface area contributed by atoms with Crippen LogP contribution in [-0.4, -0.2) is 65.1 Å². The van der Waals surface area contributed by atoms with E-state index in [1.807, 2.05) is 36.2 Å². The molecule has 3 aromatic rings. The van der Waals surface area contributed by atoms with Crippen molar-refractivity contribution in [2.45, 2.75) is 57.4 Å². The number of likely N-dealkylation sites (tertiary alicyclic amines) is 1. The predicted octanol–water partition coefficient (Wildman–Crippen LogP) is 5.92. The van der Waals surface area contributed by atoms with Gasteiger partial charge in [-0.25, -0.2) is 4.79 Å². The molecule has 1 saturated carbocycles. The fourth-order valence-electron chi connectivity index (χ4n) is 6.28. The maximum Gasteiger partial charge on any atom is 0.345 e. The third-order valence-electron chi connectivity index (χ3n) is 8.02. The van der Waals surface area contributed by atoms with Crippen LogP contribution >= 0.6 is 11.3 Å². The van der Waals surface area contributed by atoms with Gasteiger partial charge in [-0.05, 0) is 68.3 Å². The SMILES string of the molecule is CN1CCCC(CN(C)C(=O)Cn2c(-c3ccccc3)c(C3CCCCC3)c3cc(C(=O)O)sc32)C1. The van der Waals surface area contributed by atoms with Gasteiger partial charge in [0.25, 0.3) is 0 Å². The lowest BCUT2D eigenvalue weighted by Gasteiger charge is -2.32. The molecule has 5 rings (SSSR count). The van der Waals surface area contributed by atoms with Gasteiger partial charge in [-0.1, -0.05) is 49.6 Å². The zero-order chi connectivity index (χ0) is 25.2. The first-order valence-electron chi connectivity index (χ1n) is 13.3. The number of carbonyl (C=O) groups is 2. The number of hydrogen-bond acceptors (Lipinski definition) is 4. The van der Waals surface area contributed by atoms with Crippen molar-refractivity contribution < 1.29 is 14.7 Å². The molecule has 1 aliphatic carbocycles. The molecule has 1 unspecified atom stereocenters. The number of aromatic nitrogens is 1. The molecule has 2 fully saturated rings. The summed E-state index contributed by atoms with van der Waals surface area (Å²) in [5.74, 6) is 0.0647. The number of thiophene rings is 1. The highest BCUT2D eigenvalue weighted by Crippen LogP contribution is 2.46. The van der Waals surface area contributed by atoms with Crippen molar-refractivity contribution >= 4 is 33.4 Å². The Kier molecular flexibility index (Phi) is 7.49. The van der Waals surface area contributed by atoms with Gasteiger partial charge in [-0.2, -0.15) is 0 Å². The smallest absolute Gasteiger partial charge is 0.345 e. The van der Waals surface area contributed by atoms with Gasteiger partial charge in [0, 0.05) is 25.5 Å². The molecular formula is C29H37N3O3S. The van der Waals surface area contributed by atoms with E-state index < -0.39 is 5.97 Å². The summed E-state index contributed by atoms with van der Waals surface area (Å²) in [7, 11) is 4.07. The van der Waals surface area contributed by atoms with Crippen LogP contribution in [0.25, 0.3) is 21.5 Å². The molecule has 1 atom stereocenters. The van der Waals surface area contributed by atoms with Crippen molar-refractivity contribution in [2.24, 2.45) is 5.92 Å². The van der Waals surface area contributed by atoms with Gasteiger partial charge >= 0.3 is 5.97 Å². The zero-order valence-electron chi connectivity index (χ0n) is 21.4. The maximum absolute atomic E-state index is 13.6. The summed E-state index contributed by atoms with van der Waals surface area (Å²) in [5.41, 5.74) is 3.44. The van der Waals surface area contributed by atoms with Crippen LogP contribution in [0.5, 0.6) is 0 Å². The van der Waals surface area contributed by atoms with Gasteiger partial charge in [-0.3, -0.25) is 4.79 Å². The first-order valence-corrected chi connectivity index (χ1v) is 14.1. The second-order valence-corrected chi connectivity index (χ2v) is 11.8. The number of nitrogens with zero attached hydrogens (tertiary/aromatic N) is 3. The Morgan fingerprint density at radius 1 is 1.08 bits per heavy atom. The van der Waals surface area contributed by atoms with Crippen LogP contribution in [0.2, 0.25) is 0 Å². The summed E-state index contributed by atoms with van der Waals surface area (Å²) in [5, 5.41) is 10.8. The Labute approximate surface area is 217 Å². The molecule has 0 spiro atoms. The number of fused-ring (bicyclic) bond motifs is 1. The number of carboxylic acid groups (broad SMARTS) is 1. The number of rotatable bonds is 7. The third kappa shape index (κ3) is 5.09. The van der Waals surface area contributed by atoms with Crippen LogP contribution in [0, 0.1) is 5.92 Å². The highest BCUT2D eigenvalue weighted by Gasteiger charge is 2.30. The molecule has 1 amide bonds. The van der Waals surface area contributed by atoms with E-state index >= 15 is 0 Å². The largest absolute Gasteiger partial charge is 0.477 e. The van der Waals surface area contributed by atoms with Gasteiger partial charge in [-0.15, -0.1) is 11.3 Å². The minimum absolute atomic E-state index is 0.0813. The Morgan fingerprint density at radius 3 is 2.53 bits per heavy atom. The maximum atomic E-state index is 13.6. The molecule has 2 aliphatic rings. The molecule has 7 heteroatoms. The third-order valence-corrected chi connectivity index (χ3v) is 9.16. The lowest BCUT2D eigenvalue weighted by molar-refractivity contribution is -0.131. The Bertz CT molecular complexity index is 1230. The topological polar surface area (TPSA) is 65.8 Å². The summed E-state index contributed by atoms with van der Waals surface area (Å²) >= 11 is 1.30. The van der Waals surface area contributed by atoms with E-state index in [2.05, 4.69) is 28.6 Å². The van der Waals surface area contributed by atoms with Gasteiger partial charge in [0.05, 0.1) is 5.69 Å². The van der Waals surface area contributed by atoms with E-state index in [4.69, 9.17) is 0 Å². The molecule has 1 aromatic carbocycles. The summed E-state index contributed by atoms with van der Waals surface area (Å²) in [6.45, 7) is 3.14. The number of piperidine rings is 1. The minimum Gasteiger partial charge on any atom is -0.477 e. The molecule has 6 nitrogen and oxygen atoms in total. The average Bonchev–Trinajstić information content (AvgIpc) is 3.43. The first kappa shape index (κ1) is 25.0. The van der Waals surface area contributed by atoms with Crippen molar-refractivity contribution in [1.82, 2.24) is 14.4 Å². The Balaban J connectivity index is 1.55. The van der Waals surface area contributed by atoms with E-state index in [0.717, 1.165) is 60.4 Å². The molecule has 36 heavy (non-hydrogen) atoms. The average molecular weight is 508 g/mol. The van der Waals surface area contributed by atoms with E-state index in [0.29, 0.717) is 16.7 Å². The molecule has 192 valence electrons. The van der Waals surface area contributed by atoms with Gasteiger partial charge in [0.1, 0.15) is 16.3 Å². The van der Waals surface area contributed by atoms with E-state index in [1.54, 1.807) is 0 Å². The summed E-state index contributed by atoms with van der Waals surface area (Å²) in [6.07, 6.45) is 8.20. The molecule has 2 aromatic heterocycles. The number of carbonyl (C=O) groups excluding carboxylic acids is 1. The fourth-order valence-corrected chi connectivity index (χ4v) is 7.30. The highest BCUT2D eigenvalue weighted by atomic mass is 32.1. The Morgan fingerprint density at radius 2 is 1.83 bits per heavy atom. The standard InChI is InChI=1S/C29H37N3O3S/c1-30-15-9-10-20(17-30)18-31(2)25(33)19-32-27(22-13-7-4-8-14-22)26(21-11-5-3-6-12-21)23-16-24(29(34)35)36-28(23)32/h4,7-8,13-14,16,20-21H,3,5-6,9-12,15,17-19H2,1-2H3,(H,34,35). The second-order valence-electron chi connectivity index (χ2n) is 10.7. The van der Waals surface area contributed by atoms with Crippen molar-refractivity contribution in [2.75, 3.05) is 33.7 Å². The van der Waals surface area contributed by atoms with Gasteiger partial charge in [0.2, 0.25) is 5.91 Å². The summed E-state index contributed by atoms with van der Waals surface area (Å²) in [4.78, 5) is 31.0. The van der Waals surface area contributed by atoms with Crippen LogP contribution in [0.1, 0.15) is 66.1 Å². The van der Waals surface area contributed by atoms with Crippen molar-refractivity contribution in [3.05, 3.63) is 46.8 Å². The normalized spacial score (nSPS) is 19.6. The molecule has 1 aliphatic heterocycles. The number of hydrogen-bond donors (Lipinski definition) is 1. The summed E-state index contributed by atoms with van der Waals surface area (Å²) in [6, 6.07) is 12.2. The second kappa shape index (κ2) is 10.8. The quantitative estimate of drug-likeness (QED) is 0.431. The van der Waals surface area contributed by atoms with Gasteiger partial charge < -0.3 is 19.5 Å². The zero-order valence-corrected chi connectivity index (χ0v) is 22.2. The molecular weight excluding hydrogens is 470 g/mol. The Hall–Kier alpha value is -2.64. The van der Waals surface area contributed by atoms with Crippen molar-refractivity contribution in [3.63, 3.8) is 0 Å². The number of amides is 1.